The molecule has 1 nitrogen and oxygen atoms in total. The van der Waals surface area contributed by atoms with Gasteiger partial charge in [0.05, 0.1) is 0 Å². The minimum atomic E-state index is 0.904. The molecule has 0 unspecified atom stereocenters. The van der Waals surface area contributed by atoms with Gasteiger partial charge in [-0.3, -0.25) is 0 Å². The SMILES string of the molecule is Cc1ccc(Oc2cccc(C)c2C)cc1C. The normalized spacial score (nSPS) is 10.4. The van der Waals surface area contributed by atoms with Gasteiger partial charge in [-0.05, 0) is 68.1 Å². The number of rotatable bonds is 2. The predicted molar refractivity (Wildman–Crippen MR) is 71.9 cm³/mol. The molecule has 0 aliphatic heterocycles. The quantitative estimate of drug-likeness (QED) is 0.720. The Kier molecular flexibility index (Phi) is 3.19. The smallest absolute Gasteiger partial charge is 0.130 e. The van der Waals surface area contributed by atoms with Crippen molar-refractivity contribution in [2.75, 3.05) is 0 Å². The van der Waals surface area contributed by atoms with Crippen molar-refractivity contribution < 1.29 is 4.74 Å². The van der Waals surface area contributed by atoms with Gasteiger partial charge in [-0.25, -0.2) is 0 Å². The van der Waals surface area contributed by atoms with Crippen LogP contribution in [0.4, 0.5) is 0 Å². The second kappa shape index (κ2) is 4.62. The Morgan fingerprint density at radius 2 is 1.53 bits per heavy atom. The Morgan fingerprint density at radius 1 is 0.765 bits per heavy atom. The minimum Gasteiger partial charge on any atom is -0.457 e. The molecule has 0 heterocycles. The maximum atomic E-state index is 5.93. The van der Waals surface area contributed by atoms with Crippen molar-refractivity contribution in [1.82, 2.24) is 0 Å². The van der Waals surface area contributed by atoms with Gasteiger partial charge in [0, 0.05) is 0 Å². The monoisotopic (exact) mass is 226 g/mol. The molecule has 0 aliphatic carbocycles. The fourth-order valence-corrected chi connectivity index (χ4v) is 1.74. The molecule has 2 aromatic carbocycles. The summed E-state index contributed by atoms with van der Waals surface area (Å²) in [5.74, 6) is 1.84. The van der Waals surface area contributed by atoms with Crippen LogP contribution in [-0.4, -0.2) is 0 Å². The highest BCUT2D eigenvalue weighted by molar-refractivity contribution is 5.42. The first-order valence-corrected chi connectivity index (χ1v) is 5.89. The first-order chi connectivity index (χ1) is 8.08. The highest BCUT2D eigenvalue weighted by atomic mass is 16.5. The summed E-state index contributed by atoms with van der Waals surface area (Å²) in [7, 11) is 0. The maximum absolute atomic E-state index is 5.93. The molecular weight excluding hydrogens is 208 g/mol. The molecule has 1 heteroatoms. The second-order valence-electron chi connectivity index (χ2n) is 4.55. The largest absolute Gasteiger partial charge is 0.457 e. The second-order valence-corrected chi connectivity index (χ2v) is 4.55. The van der Waals surface area contributed by atoms with Gasteiger partial charge in [-0.1, -0.05) is 18.2 Å². The van der Waals surface area contributed by atoms with E-state index in [4.69, 9.17) is 4.74 Å². The highest BCUT2D eigenvalue weighted by Crippen LogP contribution is 2.27. The lowest BCUT2D eigenvalue weighted by molar-refractivity contribution is 0.478. The molecular formula is C16H18O. The van der Waals surface area contributed by atoms with Gasteiger partial charge in [0.1, 0.15) is 11.5 Å². The number of hydrogen-bond donors (Lipinski definition) is 0. The van der Waals surface area contributed by atoms with E-state index in [1.165, 1.54) is 22.3 Å². The number of benzene rings is 2. The van der Waals surface area contributed by atoms with Crippen LogP contribution in [0.1, 0.15) is 22.3 Å². The van der Waals surface area contributed by atoms with Crippen molar-refractivity contribution in [1.29, 1.82) is 0 Å². The Balaban J connectivity index is 2.31. The Hall–Kier alpha value is -1.76. The van der Waals surface area contributed by atoms with Gasteiger partial charge in [-0.15, -0.1) is 0 Å². The number of ether oxygens (including phenoxy) is 1. The van der Waals surface area contributed by atoms with Crippen LogP contribution in [0.2, 0.25) is 0 Å². The first kappa shape index (κ1) is 11.7. The van der Waals surface area contributed by atoms with Crippen LogP contribution in [0.15, 0.2) is 36.4 Å². The summed E-state index contributed by atoms with van der Waals surface area (Å²) in [6.07, 6.45) is 0. The highest BCUT2D eigenvalue weighted by Gasteiger charge is 2.04. The molecule has 0 amide bonds. The van der Waals surface area contributed by atoms with Gasteiger partial charge in [-0.2, -0.15) is 0 Å². The fourth-order valence-electron chi connectivity index (χ4n) is 1.74. The summed E-state index contributed by atoms with van der Waals surface area (Å²) in [5.41, 5.74) is 5.00. The molecule has 0 atom stereocenters. The fraction of sp³-hybridized carbons (Fsp3) is 0.250. The molecule has 0 N–H and O–H groups in total. The van der Waals surface area contributed by atoms with Crippen LogP contribution in [-0.2, 0) is 0 Å². The molecule has 0 saturated heterocycles. The summed E-state index contributed by atoms with van der Waals surface area (Å²) in [4.78, 5) is 0. The first-order valence-electron chi connectivity index (χ1n) is 5.89. The zero-order valence-electron chi connectivity index (χ0n) is 10.9. The van der Waals surface area contributed by atoms with E-state index in [1.807, 2.05) is 18.2 Å². The molecule has 0 aliphatic rings. The maximum Gasteiger partial charge on any atom is 0.130 e. The summed E-state index contributed by atoms with van der Waals surface area (Å²) in [5, 5.41) is 0. The van der Waals surface area contributed by atoms with E-state index in [2.05, 4.69) is 45.9 Å². The predicted octanol–water partition coefficient (Wildman–Crippen LogP) is 4.71. The van der Waals surface area contributed by atoms with Crippen LogP contribution in [0.3, 0.4) is 0 Å². The third-order valence-electron chi connectivity index (χ3n) is 3.26. The average molecular weight is 226 g/mol. The molecule has 17 heavy (non-hydrogen) atoms. The van der Waals surface area contributed by atoms with Crippen molar-refractivity contribution in [2.24, 2.45) is 0 Å². The molecule has 2 aromatic rings. The van der Waals surface area contributed by atoms with E-state index in [1.54, 1.807) is 0 Å². The summed E-state index contributed by atoms with van der Waals surface area (Å²) >= 11 is 0. The van der Waals surface area contributed by atoms with Crippen molar-refractivity contribution in [2.45, 2.75) is 27.7 Å². The van der Waals surface area contributed by atoms with Gasteiger partial charge in [0.2, 0.25) is 0 Å². The molecule has 0 radical (unpaired) electrons. The Bertz CT molecular complexity index is 541. The van der Waals surface area contributed by atoms with Crippen LogP contribution >= 0.6 is 0 Å². The number of hydrogen-bond acceptors (Lipinski definition) is 1. The van der Waals surface area contributed by atoms with E-state index in [0.717, 1.165) is 11.5 Å². The average Bonchev–Trinajstić information content (AvgIpc) is 2.30. The molecule has 0 fully saturated rings. The zero-order valence-corrected chi connectivity index (χ0v) is 10.9. The topological polar surface area (TPSA) is 9.23 Å². The zero-order chi connectivity index (χ0) is 12.4. The molecule has 0 aromatic heterocycles. The van der Waals surface area contributed by atoms with Crippen molar-refractivity contribution in [3.05, 3.63) is 58.7 Å². The lowest BCUT2D eigenvalue weighted by atomic mass is 10.1. The van der Waals surface area contributed by atoms with E-state index in [0.29, 0.717) is 0 Å². The summed E-state index contributed by atoms with van der Waals surface area (Å²) < 4.78 is 5.93. The lowest BCUT2D eigenvalue weighted by Crippen LogP contribution is -1.91. The molecule has 0 spiro atoms. The van der Waals surface area contributed by atoms with Crippen molar-refractivity contribution in [3.8, 4) is 11.5 Å². The van der Waals surface area contributed by atoms with E-state index >= 15 is 0 Å². The van der Waals surface area contributed by atoms with Gasteiger partial charge < -0.3 is 4.74 Å². The Morgan fingerprint density at radius 3 is 2.24 bits per heavy atom. The third kappa shape index (κ3) is 2.50. The van der Waals surface area contributed by atoms with E-state index in [9.17, 15) is 0 Å². The molecule has 0 saturated carbocycles. The van der Waals surface area contributed by atoms with Crippen LogP contribution in [0, 0.1) is 27.7 Å². The lowest BCUT2D eigenvalue weighted by Gasteiger charge is -2.11. The summed E-state index contributed by atoms with van der Waals surface area (Å²) in [6.45, 7) is 8.40. The van der Waals surface area contributed by atoms with Gasteiger partial charge in [0.15, 0.2) is 0 Å². The van der Waals surface area contributed by atoms with Crippen LogP contribution in [0.25, 0.3) is 0 Å². The number of aryl methyl sites for hydroxylation is 3. The van der Waals surface area contributed by atoms with Crippen LogP contribution in [0.5, 0.6) is 11.5 Å². The van der Waals surface area contributed by atoms with Crippen molar-refractivity contribution in [3.63, 3.8) is 0 Å². The minimum absolute atomic E-state index is 0.904. The van der Waals surface area contributed by atoms with Gasteiger partial charge >= 0.3 is 0 Å². The van der Waals surface area contributed by atoms with Gasteiger partial charge in [0.25, 0.3) is 0 Å². The summed E-state index contributed by atoms with van der Waals surface area (Å²) in [6, 6.07) is 12.3. The van der Waals surface area contributed by atoms with Crippen molar-refractivity contribution >= 4 is 0 Å². The standard InChI is InChI=1S/C16H18O/c1-11-8-9-15(10-13(11)3)17-16-7-5-6-12(2)14(16)4/h5-10H,1-4H3. The van der Waals surface area contributed by atoms with Crippen LogP contribution < -0.4 is 4.74 Å². The third-order valence-corrected chi connectivity index (χ3v) is 3.26. The molecule has 0 bridgehead atoms. The Labute approximate surface area is 103 Å². The molecule has 2 rings (SSSR count). The van der Waals surface area contributed by atoms with E-state index < -0.39 is 0 Å². The van der Waals surface area contributed by atoms with E-state index in [-0.39, 0.29) is 0 Å². The molecule has 88 valence electrons.